The predicted octanol–water partition coefficient (Wildman–Crippen LogP) is 5.97. The molecule has 0 fully saturated rings. The summed E-state index contributed by atoms with van der Waals surface area (Å²) in [6.07, 6.45) is 10.7. The van der Waals surface area contributed by atoms with E-state index in [9.17, 15) is 0 Å². The van der Waals surface area contributed by atoms with Crippen molar-refractivity contribution in [3.8, 4) is 45.4 Å². The molecule has 7 nitrogen and oxygen atoms in total. The number of hydrogen-bond acceptors (Lipinski definition) is 5. The molecule has 0 atom stereocenters. The summed E-state index contributed by atoms with van der Waals surface area (Å²) >= 11 is 0. The lowest BCUT2D eigenvalue weighted by Gasteiger charge is -2.12. The normalized spacial score (nSPS) is 10.9. The minimum Gasteiger partial charge on any atom is -0.457 e. The van der Waals surface area contributed by atoms with E-state index in [1.54, 1.807) is 24.8 Å². The summed E-state index contributed by atoms with van der Waals surface area (Å²) in [7, 11) is 0. The molecule has 2 aromatic carbocycles. The molecule has 4 heterocycles. The molecule has 168 valence electrons. The number of hydrogen-bond donors (Lipinski definition) is 0. The molecule has 7 heteroatoms. The first-order valence-electron chi connectivity index (χ1n) is 11.1. The van der Waals surface area contributed by atoms with E-state index in [0.717, 1.165) is 33.9 Å². The highest BCUT2D eigenvalue weighted by Crippen LogP contribution is 2.29. The summed E-state index contributed by atoms with van der Waals surface area (Å²) in [6.45, 7) is 0. The van der Waals surface area contributed by atoms with E-state index in [-0.39, 0.29) is 0 Å². The zero-order valence-electron chi connectivity index (χ0n) is 18.6. The van der Waals surface area contributed by atoms with Gasteiger partial charge in [0, 0.05) is 48.0 Å². The lowest BCUT2D eigenvalue weighted by Crippen LogP contribution is -2.00. The van der Waals surface area contributed by atoms with Crippen LogP contribution in [0.5, 0.6) is 11.5 Å². The smallest absolute Gasteiger partial charge is 0.129 e. The van der Waals surface area contributed by atoms with Crippen LogP contribution in [-0.4, -0.2) is 29.5 Å². The van der Waals surface area contributed by atoms with Crippen molar-refractivity contribution in [3.63, 3.8) is 0 Å². The van der Waals surface area contributed by atoms with E-state index in [2.05, 4.69) is 20.2 Å². The van der Waals surface area contributed by atoms with Crippen LogP contribution in [0.25, 0.3) is 33.9 Å². The van der Waals surface area contributed by atoms with Gasteiger partial charge >= 0.3 is 0 Å². The molecule has 0 aliphatic rings. The molecule has 0 saturated heterocycles. The van der Waals surface area contributed by atoms with E-state index in [1.165, 1.54) is 0 Å². The third-order valence-corrected chi connectivity index (χ3v) is 5.56. The van der Waals surface area contributed by atoms with Gasteiger partial charge in [-0.3, -0.25) is 9.97 Å². The van der Waals surface area contributed by atoms with Crippen molar-refractivity contribution < 1.29 is 4.74 Å². The zero-order valence-corrected chi connectivity index (χ0v) is 18.6. The van der Waals surface area contributed by atoms with Gasteiger partial charge in [-0.05, 0) is 60.7 Å². The molecule has 0 bridgehead atoms. The summed E-state index contributed by atoms with van der Waals surface area (Å²) in [4.78, 5) is 8.45. The van der Waals surface area contributed by atoms with Gasteiger partial charge in [0.1, 0.15) is 11.5 Å². The highest BCUT2D eigenvalue weighted by atomic mass is 16.5. The Labute approximate surface area is 201 Å². The Kier molecular flexibility index (Phi) is 5.33. The fraction of sp³-hybridized carbons (Fsp3) is 0. The quantitative estimate of drug-likeness (QED) is 0.309. The fourth-order valence-corrected chi connectivity index (χ4v) is 3.98. The predicted molar refractivity (Wildman–Crippen MR) is 134 cm³/mol. The van der Waals surface area contributed by atoms with Gasteiger partial charge in [0.2, 0.25) is 0 Å². The van der Waals surface area contributed by atoms with Gasteiger partial charge in [-0.25, -0.2) is 9.36 Å². The van der Waals surface area contributed by atoms with E-state index >= 15 is 0 Å². The number of rotatable bonds is 6. The summed E-state index contributed by atoms with van der Waals surface area (Å²) in [5.74, 6) is 1.42. The van der Waals surface area contributed by atoms with Crippen molar-refractivity contribution in [1.82, 2.24) is 29.5 Å². The maximum absolute atomic E-state index is 6.24. The molecular weight excluding hydrogens is 436 g/mol. The lowest BCUT2D eigenvalue weighted by atomic mass is 10.2. The van der Waals surface area contributed by atoms with Crippen LogP contribution in [-0.2, 0) is 0 Å². The molecule has 0 unspecified atom stereocenters. The maximum Gasteiger partial charge on any atom is 0.129 e. The Morgan fingerprint density at radius 3 is 1.49 bits per heavy atom. The second kappa shape index (κ2) is 9.07. The van der Waals surface area contributed by atoms with Crippen LogP contribution >= 0.6 is 0 Å². The van der Waals surface area contributed by atoms with Crippen LogP contribution in [0, 0.1) is 0 Å². The molecule has 0 aliphatic heterocycles. The Hall–Kier alpha value is -5.04. The number of benzene rings is 2. The minimum absolute atomic E-state index is 0.709. The molecule has 0 saturated carbocycles. The largest absolute Gasteiger partial charge is 0.457 e. The minimum atomic E-state index is 0.709. The monoisotopic (exact) mass is 456 g/mol. The third-order valence-electron chi connectivity index (χ3n) is 5.56. The van der Waals surface area contributed by atoms with Crippen LogP contribution in [0.4, 0.5) is 0 Å². The molecular formula is C28H20N6O. The highest BCUT2D eigenvalue weighted by Gasteiger charge is 2.11. The Morgan fingerprint density at radius 2 is 1.03 bits per heavy atom. The number of aromatic nitrogens is 6. The molecule has 0 spiro atoms. The summed E-state index contributed by atoms with van der Waals surface area (Å²) in [6, 6.07) is 27.5. The first-order chi connectivity index (χ1) is 17.3. The van der Waals surface area contributed by atoms with Crippen molar-refractivity contribution in [2.24, 2.45) is 0 Å². The van der Waals surface area contributed by atoms with Crippen LogP contribution < -0.4 is 4.74 Å². The first kappa shape index (κ1) is 20.6. The van der Waals surface area contributed by atoms with Crippen LogP contribution in [0.2, 0.25) is 0 Å². The van der Waals surface area contributed by atoms with Crippen LogP contribution in [0.3, 0.4) is 0 Å². The molecule has 0 N–H and O–H groups in total. The second-order valence-corrected chi connectivity index (χ2v) is 7.84. The van der Waals surface area contributed by atoms with Gasteiger partial charge < -0.3 is 4.74 Å². The topological polar surface area (TPSA) is 70.7 Å². The number of ether oxygens (including phenoxy) is 1. The zero-order chi connectivity index (χ0) is 23.5. The molecule has 6 aromatic rings. The van der Waals surface area contributed by atoms with Gasteiger partial charge in [-0.15, -0.1) is 0 Å². The maximum atomic E-state index is 6.24. The second-order valence-electron chi connectivity index (χ2n) is 7.84. The average Bonchev–Trinajstić information content (AvgIpc) is 3.61. The summed E-state index contributed by atoms with van der Waals surface area (Å²) < 4.78 is 10.00. The van der Waals surface area contributed by atoms with E-state index in [4.69, 9.17) is 4.74 Å². The molecule has 4 aromatic heterocycles. The van der Waals surface area contributed by atoms with Crippen molar-refractivity contribution in [3.05, 3.63) is 122 Å². The van der Waals surface area contributed by atoms with Crippen molar-refractivity contribution >= 4 is 0 Å². The van der Waals surface area contributed by atoms with Crippen molar-refractivity contribution in [2.75, 3.05) is 0 Å². The van der Waals surface area contributed by atoms with E-state index in [0.29, 0.717) is 11.5 Å². The molecule has 0 amide bonds. The van der Waals surface area contributed by atoms with Crippen molar-refractivity contribution in [1.29, 1.82) is 0 Å². The summed E-state index contributed by atoms with van der Waals surface area (Å²) in [5.41, 5.74) is 5.69. The standard InChI is InChI=1S/C28H20N6O/c1-7-23(33-27(11-15-31-33)21-5-3-13-29-19-21)17-25(9-1)35-26-10-2-8-24(18-26)34-28(12-16-32-34)22-6-4-14-30-20-22/h1-20H. The highest BCUT2D eigenvalue weighted by molar-refractivity contribution is 5.62. The average molecular weight is 457 g/mol. The van der Waals surface area contributed by atoms with Gasteiger partial charge in [0.15, 0.2) is 0 Å². The van der Waals surface area contributed by atoms with Gasteiger partial charge in [0.05, 0.1) is 35.2 Å². The fourth-order valence-electron chi connectivity index (χ4n) is 3.98. The Bertz CT molecular complexity index is 1450. The molecule has 0 radical (unpaired) electrons. The first-order valence-corrected chi connectivity index (χ1v) is 11.1. The van der Waals surface area contributed by atoms with Crippen molar-refractivity contribution in [2.45, 2.75) is 0 Å². The van der Waals surface area contributed by atoms with Gasteiger partial charge in [-0.2, -0.15) is 10.2 Å². The van der Waals surface area contributed by atoms with Crippen LogP contribution in [0.1, 0.15) is 0 Å². The van der Waals surface area contributed by atoms with Crippen LogP contribution in [0.15, 0.2) is 122 Å². The summed E-state index contributed by atoms with van der Waals surface area (Å²) in [5, 5.41) is 9.03. The molecule has 0 aliphatic carbocycles. The number of nitrogens with zero attached hydrogens (tertiary/aromatic N) is 6. The van der Waals surface area contributed by atoms with E-state index in [1.807, 2.05) is 107 Å². The lowest BCUT2D eigenvalue weighted by molar-refractivity contribution is 0.482. The number of pyridine rings is 2. The van der Waals surface area contributed by atoms with Gasteiger partial charge in [-0.1, -0.05) is 12.1 Å². The third kappa shape index (κ3) is 4.18. The Balaban J connectivity index is 1.29. The molecule has 35 heavy (non-hydrogen) atoms. The van der Waals surface area contributed by atoms with E-state index < -0.39 is 0 Å². The SMILES string of the molecule is c1cncc(-c2ccnn2-c2cccc(Oc3cccc(-n4nccc4-c4cccnc4)c3)c2)c1. The van der Waals surface area contributed by atoms with Gasteiger partial charge in [0.25, 0.3) is 0 Å². The molecule has 6 rings (SSSR count). The Morgan fingerprint density at radius 1 is 0.514 bits per heavy atom.